The second-order valence-electron chi connectivity index (χ2n) is 5.78. The molecule has 0 heterocycles. The fourth-order valence-electron chi connectivity index (χ4n) is 2.83. The van der Waals surface area contributed by atoms with E-state index in [4.69, 9.17) is 0 Å². The first kappa shape index (κ1) is 17.0. The third-order valence-corrected chi connectivity index (χ3v) is 4.25. The fourth-order valence-corrected chi connectivity index (χ4v) is 2.83. The van der Waals surface area contributed by atoms with E-state index < -0.39 is 0 Å². The normalized spacial score (nSPS) is 13.2. The lowest BCUT2D eigenvalue weighted by molar-refractivity contribution is 0.308. The number of rotatable bonds is 12. The van der Waals surface area contributed by atoms with E-state index in [-0.39, 0.29) is 0 Å². The minimum Gasteiger partial charge on any atom is -0.0654 e. The molecule has 0 aliphatic carbocycles. The molecule has 104 valence electrons. The van der Waals surface area contributed by atoms with Crippen molar-refractivity contribution < 1.29 is 0 Å². The SMILES string of the molecule is CCCCCCC(CCCC)CC(CC)CC. The summed E-state index contributed by atoms with van der Waals surface area (Å²) in [6.45, 7) is 9.36. The van der Waals surface area contributed by atoms with E-state index >= 15 is 0 Å². The zero-order chi connectivity index (χ0) is 12.9. The van der Waals surface area contributed by atoms with Crippen LogP contribution in [0, 0.1) is 11.8 Å². The molecule has 0 N–H and O–H groups in total. The Kier molecular flexibility index (Phi) is 12.5. The van der Waals surface area contributed by atoms with Crippen molar-refractivity contribution in [1.29, 1.82) is 0 Å². The van der Waals surface area contributed by atoms with Gasteiger partial charge in [0.25, 0.3) is 0 Å². The zero-order valence-corrected chi connectivity index (χ0v) is 12.9. The highest BCUT2D eigenvalue weighted by Gasteiger charge is 2.13. The van der Waals surface area contributed by atoms with Crippen LogP contribution in [0.15, 0.2) is 0 Å². The van der Waals surface area contributed by atoms with E-state index in [1.54, 1.807) is 0 Å². The number of unbranched alkanes of at least 4 members (excludes halogenated alkanes) is 4. The monoisotopic (exact) mass is 240 g/mol. The van der Waals surface area contributed by atoms with Crippen LogP contribution in [0.25, 0.3) is 0 Å². The van der Waals surface area contributed by atoms with Crippen molar-refractivity contribution >= 4 is 0 Å². The van der Waals surface area contributed by atoms with Crippen molar-refractivity contribution in [3.63, 3.8) is 0 Å². The van der Waals surface area contributed by atoms with Gasteiger partial charge in [0.2, 0.25) is 0 Å². The molecule has 1 unspecified atom stereocenters. The van der Waals surface area contributed by atoms with Gasteiger partial charge < -0.3 is 0 Å². The number of hydrogen-bond acceptors (Lipinski definition) is 0. The Morgan fingerprint density at radius 1 is 0.588 bits per heavy atom. The van der Waals surface area contributed by atoms with Crippen LogP contribution in [0.5, 0.6) is 0 Å². The lowest BCUT2D eigenvalue weighted by atomic mass is 9.84. The highest BCUT2D eigenvalue weighted by atomic mass is 14.2. The van der Waals surface area contributed by atoms with E-state index in [2.05, 4.69) is 27.7 Å². The maximum Gasteiger partial charge on any atom is -0.0412 e. The van der Waals surface area contributed by atoms with Gasteiger partial charge >= 0.3 is 0 Å². The second-order valence-corrected chi connectivity index (χ2v) is 5.78. The van der Waals surface area contributed by atoms with Crippen molar-refractivity contribution in [2.45, 2.75) is 98.3 Å². The summed E-state index contributed by atoms with van der Waals surface area (Å²) in [5.41, 5.74) is 0. The van der Waals surface area contributed by atoms with E-state index in [1.807, 2.05) is 0 Å². The van der Waals surface area contributed by atoms with E-state index in [9.17, 15) is 0 Å². The lowest BCUT2D eigenvalue weighted by Crippen LogP contribution is -2.08. The Balaban J connectivity index is 3.85. The molecular weight excluding hydrogens is 204 g/mol. The van der Waals surface area contributed by atoms with Gasteiger partial charge in [-0.05, 0) is 18.3 Å². The smallest absolute Gasteiger partial charge is 0.0412 e. The van der Waals surface area contributed by atoms with Crippen LogP contribution in [0.2, 0.25) is 0 Å². The highest BCUT2D eigenvalue weighted by molar-refractivity contribution is 4.65. The molecule has 17 heavy (non-hydrogen) atoms. The Morgan fingerprint density at radius 2 is 1.18 bits per heavy atom. The Labute approximate surface area is 111 Å². The highest BCUT2D eigenvalue weighted by Crippen LogP contribution is 2.27. The summed E-state index contributed by atoms with van der Waals surface area (Å²) >= 11 is 0. The van der Waals surface area contributed by atoms with Gasteiger partial charge in [0.05, 0.1) is 0 Å². The summed E-state index contributed by atoms with van der Waals surface area (Å²) < 4.78 is 0. The van der Waals surface area contributed by atoms with Gasteiger partial charge in [0.1, 0.15) is 0 Å². The van der Waals surface area contributed by atoms with Crippen LogP contribution in [0.4, 0.5) is 0 Å². The molecule has 0 aliphatic heterocycles. The minimum atomic E-state index is 0.989. The fraction of sp³-hybridized carbons (Fsp3) is 1.00. The quantitative estimate of drug-likeness (QED) is 0.338. The lowest BCUT2D eigenvalue weighted by Gasteiger charge is -2.22. The molecule has 0 rings (SSSR count). The molecule has 0 aliphatic rings. The molecular formula is C17H36. The maximum atomic E-state index is 2.36. The van der Waals surface area contributed by atoms with Gasteiger partial charge in [-0.25, -0.2) is 0 Å². The Morgan fingerprint density at radius 3 is 1.71 bits per heavy atom. The van der Waals surface area contributed by atoms with Crippen molar-refractivity contribution in [2.75, 3.05) is 0 Å². The predicted octanol–water partition coefficient (Wildman–Crippen LogP) is 6.59. The topological polar surface area (TPSA) is 0 Å². The molecule has 0 aromatic rings. The van der Waals surface area contributed by atoms with Gasteiger partial charge in [-0.3, -0.25) is 0 Å². The molecule has 0 bridgehead atoms. The van der Waals surface area contributed by atoms with Crippen LogP contribution in [0.3, 0.4) is 0 Å². The molecule has 0 heteroatoms. The summed E-state index contributed by atoms with van der Waals surface area (Å²) in [7, 11) is 0. The summed E-state index contributed by atoms with van der Waals surface area (Å²) in [5, 5.41) is 0. The standard InChI is InChI=1S/C17H36/c1-5-9-11-12-14-17(13-10-6-2)15-16(7-3)8-4/h16-17H,5-15H2,1-4H3. The zero-order valence-electron chi connectivity index (χ0n) is 12.9. The van der Waals surface area contributed by atoms with E-state index in [0.717, 1.165) is 11.8 Å². The van der Waals surface area contributed by atoms with E-state index in [0.29, 0.717) is 0 Å². The molecule has 0 saturated heterocycles. The summed E-state index contributed by atoms with van der Waals surface area (Å²) in [6, 6.07) is 0. The molecule has 1 atom stereocenters. The predicted molar refractivity (Wildman–Crippen MR) is 80.5 cm³/mol. The van der Waals surface area contributed by atoms with Crippen LogP contribution < -0.4 is 0 Å². The van der Waals surface area contributed by atoms with Gasteiger partial charge in [-0.2, -0.15) is 0 Å². The molecule has 0 amide bonds. The van der Waals surface area contributed by atoms with Crippen LogP contribution in [-0.2, 0) is 0 Å². The Bertz CT molecular complexity index is 135. The van der Waals surface area contributed by atoms with Crippen molar-refractivity contribution in [2.24, 2.45) is 11.8 Å². The first-order valence-electron chi connectivity index (χ1n) is 8.28. The summed E-state index contributed by atoms with van der Waals surface area (Å²) in [4.78, 5) is 0. The summed E-state index contributed by atoms with van der Waals surface area (Å²) in [5.74, 6) is 2.01. The molecule has 0 radical (unpaired) electrons. The van der Waals surface area contributed by atoms with Crippen molar-refractivity contribution in [3.05, 3.63) is 0 Å². The van der Waals surface area contributed by atoms with Crippen molar-refractivity contribution in [1.82, 2.24) is 0 Å². The first-order chi connectivity index (χ1) is 8.28. The maximum absolute atomic E-state index is 2.36. The van der Waals surface area contributed by atoms with Gasteiger partial charge in [-0.1, -0.05) is 91.9 Å². The number of hydrogen-bond donors (Lipinski definition) is 0. The Hall–Kier alpha value is 0. The van der Waals surface area contributed by atoms with E-state index in [1.165, 1.54) is 70.6 Å². The average Bonchev–Trinajstić information content (AvgIpc) is 2.36. The molecule has 0 aromatic heterocycles. The first-order valence-corrected chi connectivity index (χ1v) is 8.28. The third-order valence-electron chi connectivity index (χ3n) is 4.25. The average molecular weight is 240 g/mol. The van der Waals surface area contributed by atoms with Gasteiger partial charge in [0, 0.05) is 0 Å². The van der Waals surface area contributed by atoms with Crippen LogP contribution in [-0.4, -0.2) is 0 Å². The molecule has 0 nitrogen and oxygen atoms in total. The molecule has 0 spiro atoms. The molecule has 0 saturated carbocycles. The third kappa shape index (κ3) is 9.68. The summed E-state index contributed by atoms with van der Waals surface area (Å²) in [6.07, 6.45) is 15.8. The minimum absolute atomic E-state index is 0.989. The largest absolute Gasteiger partial charge is 0.0654 e. The van der Waals surface area contributed by atoms with Crippen LogP contribution >= 0.6 is 0 Å². The van der Waals surface area contributed by atoms with Gasteiger partial charge in [0.15, 0.2) is 0 Å². The second kappa shape index (κ2) is 12.5. The molecule has 0 aromatic carbocycles. The molecule has 0 fully saturated rings. The van der Waals surface area contributed by atoms with Crippen molar-refractivity contribution in [3.8, 4) is 0 Å². The van der Waals surface area contributed by atoms with Crippen LogP contribution in [0.1, 0.15) is 98.3 Å². The van der Waals surface area contributed by atoms with Gasteiger partial charge in [-0.15, -0.1) is 0 Å².